The molecule has 1 aliphatic heterocycles. The molecule has 0 aliphatic carbocycles. The Bertz CT molecular complexity index is 1060. The maximum atomic E-state index is 13.3. The van der Waals surface area contributed by atoms with Gasteiger partial charge in [-0.15, -0.1) is 0 Å². The molecule has 0 aromatic carbocycles. The van der Waals surface area contributed by atoms with E-state index in [1.54, 1.807) is 0 Å². The van der Waals surface area contributed by atoms with E-state index in [4.69, 9.17) is 18.9 Å². The minimum Gasteiger partial charge on any atom is -0.466 e. The third-order valence-electron chi connectivity index (χ3n) is 12.1. The lowest BCUT2D eigenvalue weighted by molar-refractivity contribution is -0.151. The van der Waals surface area contributed by atoms with E-state index >= 15 is 0 Å². The van der Waals surface area contributed by atoms with Crippen LogP contribution in [0.2, 0.25) is 0 Å². The summed E-state index contributed by atoms with van der Waals surface area (Å²) in [5.74, 6) is -0.734. The van der Waals surface area contributed by atoms with Crippen molar-refractivity contribution in [3.8, 4) is 0 Å². The first kappa shape index (κ1) is 56.8. The number of rotatable bonds is 43. The Balaban J connectivity index is 2.39. The second kappa shape index (κ2) is 40.6. The van der Waals surface area contributed by atoms with Crippen molar-refractivity contribution < 1.29 is 38.1 Å². The number of carbonyl (C=O) groups is 4. The van der Waals surface area contributed by atoms with E-state index in [0.717, 1.165) is 77.0 Å². The van der Waals surface area contributed by atoms with Crippen molar-refractivity contribution in [3.05, 3.63) is 0 Å². The summed E-state index contributed by atoms with van der Waals surface area (Å²) < 4.78 is 23.0. The van der Waals surface area contributed by atoms with E-state index in [1.807, 2.05) is 19.0 Å². The first-order valence-electron chi connectivity index (χ1n) is 25.8. The molecule has 0 N–H and O–H groups in total. The third kappa shape index (κ3) is 34.0. The highest BCUT2D eigenvalue weighted by molar-refractivity contribution is 5.76. The Morgan fingerprint density at radius 1 is 0.525 bits per heavy atom. The number of ether oxygens (including phenoxy) is 4. The molecule has 358 valence electrons. The van der Waals surface area contributed by atoms with Gasteiger partial charge in [-0.1, -0.05) is 156 Å². The summed E-state index contributed by atoms with van der Waals surface area (Å²) in [4.78, 5) is 55.0. The van der Waals surface area contributed by atoms with E-state index in [0.29, 0.717) is 65.0 Å². The molecule has 2 atom stereocenters. The highest BCUT2D eigenvalue weighted by Crippen LogP contribution is 2.24. The van der Waals surface area contributed by atoms with Gasteiger partial charge < -0.3 is 23.8 Å². The average molecular weight is 865 g/mol. The smallest absolute Gasteiger partial charge is 0.323 e. The van der Waals surface area contributed by atoms with Gasteiger partial charge in [0.25, 0.3) is 0 Å². The van der Waals surface area contributed by atoms with E-state index in [-0.39, 0.29) is 36.1 Å². The summed E-state index contributed by atoms with van der Waals surface area (Å²) in [5.41, 5.74) is 0. The molecule has 1 rings (SSSR count). The van der Waals surface area contributed by atoms with Crippen molar-refractivity contribution >= 4 is 23.9 Å². The van der Waals surface area contributed by atoms with Gasteiger partial charge in [0.1, 0.15) is 18.2 Å². The topological polar surface area (TPSA) is 112 Å². The van der Waals surface area contributed by atoms with Crippen LogP contribution in [-0.4, -0.2) is 98.9 Å². The van der Waals surface area contributed by atoms with Gasteiger partial charge >= 0.3 is 23.9 Å². The number of likely N-dealkylation sites (tertiary alicyclic amines) is 1. The van der Waals surface area contributed by atoms with Gasteiger partial charge in [-0.3, -0.25) is 24.1 Å². The summed E-state index contributed by atoms with van der Waals surface area (Å²) >= 11 is 0. The first-order chi connectivity index (χ1) is 29.7. The molecule has 1 heterocycles. The SMILES string of the molecule is CCCCCCCCCCCOC(=O)CCCCN1CC(OC(=O)CCN(C)C)C[C@H]1C(=O)OCCCCCCCC(=O)OC(CCCCCCCC)CCCCCCCC. The number of hydrogen-bond donors (Lipinski definition) is 0. The Kier molecular flexibility index (Phi) is 37.8. The van der Waals surface area contributed by atoms with Crippen LogP contribution in [0.5, 0.6) is 0 Å². The van der Waals surface area contributed by atoms with Crippen LogP contribution in [0.4, 0.5) is 0 Å². The van der Waals surface area contributed by atoms with Gasteiger partial charge in [-0.25, -0.2) is 0 Å². The normalized spacial score (nSPS) is 15.5. The lowest BCUT2D eigenvalue weighted by atomic mass is 10.0. The minimum absolute atomic E-state index is 0.0528. The predicted octanol–water partition coefficient (Wildman–Crippen LogP) is 12.5. The number of unbranched alkanes of at least 4 members (excludes halogenated alkanes) is 23. The standard InChI is InChI=1S/C51H96N2O8/c1-6-9-12-15-18-19-20-25-32-41-58-48(54)36-30-31-39-53-44-46(61-50(56)38-40-52(4)5)43-47(53)51(57)59-42-33-26-21-24-29-37-49(55)60-45(34-27-22-16-13-10-7-2)35-28-23-17-14-11-8-3/h45-47H,6-44H2,1-5H3/t46?,47-/m0/s1. The fraction of sp³-hybridized carbons (Fsp3) is 0.922. The van der Waals surface area contributed by atoms with Crippen molar-refractivity contribution in [1.29, 1.82) is 0 Å². The molecule has 0 amide bonds. The molecular weight excluding hydrogens is 769 g/mol. The van der Waals surface area contributed by atoms with Crippen LogP contribution in [-0.2, 0) is 38.1 Å². The summed E-state index contributed by atoms with van der Waals surface area (Å²) in [6.07, 6.45) is 35.2. The van der Waals surface area contributed by atoms with Crippen LogP contribution < -0.4 is 0 Å². The maximum absolute atomic E-state index is 13.3. The van der Waals surface area contributed by atoms with Crippen LogP contribution >= 0.6 is 0 Å². The number of carbonyl (C=O) groups excluding carboxylic acids is 4. The maximum Gasteiger partial charge on any atom is 0.323 e. The fourth-order valence-electron chi connectivity index (χ4n) is 8.24. The molecular formula is C51H96N2O8. The molecule has 1 fully saturated rings. The molecule has 0 aromatic rings. The number of esters is 4. The molecule has 0 bridgehead atoms. The zero-order chi connectivity index (χ0) is 44.6. The van der Waals surface area contributed by atoms with Gasteiger partial charge in [-0.05, 0) is 78.4 Å². The van der Waals surface area contributed by atoms with Crippen molar-refractivity contribution in [1.82, 2.24) is 9.80 Å². The minimum atomic E-state index is -0.470. The second-order valence-electron chi connectivity index (χ2n) is 18.3. The fourth-order valence-corrected chi connectivity index (χ4v) is 8.24. The number of hydrogen-bond acceptors (Lipinski definition) is 10. The summed E-state index contributed by atoms with van der Waals surface area (Å²) in [5, 5.41) is 0. The lowest BCUT2D eigenvalue weighted by Gasteiger charge is -2.22. The highest BCUT2D eigenvalue weighted by Gasteiger charge is 2.39. The monoisotopic (exact) mass is 865 g/mol. The third-order valence-corrected chi connectivity index (χ3v) is 12.1. The Labute approximate surface area is 375 Å². The van der Waals surface area contributed by atoms with E-state index in [2.05, 4.69) is 25.7 Å². The quantitative estimate of drug-likeness (QED) is 0.0334. The van der Waals surface area contributed by atoms with Crippen LogP contribution in [0.15, 0.2) is 0 Å². The van der Waals surface area contributed by atoms with E-state index in [1.165, 1.54) is 109 Å². The van der Waals surface area contributed by atoms with Crippen molar-refractivity contribution in [3.63, 3.8) is 0 Å². The molecule has 0 saturated carbocycles. The molecule has 1 saturated heterocycles. The summed E-state index contributed by atoms with van der Waals surface area (Å²) in [6.45, 7) is 9.29. The molecule has 10 nitrogen and oxygen atoms in total. The molecule has 0 spiro atoms. The van der Waals surface area contributed by atoms with Gasteiger partial charge in [0.15, 0.2) is 0 Å². The predicted molar refractivity (Wildman–Crippen MR) is 250 cm³/mol. The molecule has 1 unspecified atom stereocenters. The lowest BCUT2D eigenvalue weighted by Crippen LogP contribution is -2.38. The Morgan fingerprint density at radius 3 is 1.52 bits per heavy atom. The van der Waals surface area contributed by atoms with Gasteiger partial charge in [0.2, 0.25) is 0 Å². The molecule has 0 radical (unpaired) electrons. The summed E-state index contributed by atoms with van der Waals surface area (Å²) in [7, 11) is 3.84. The van der Waals surface area contributed by atoms with E-state index in [9.17, 15) is 19.2 Å². The van der Waals surface area contributed by atoms with Crippen LogP contribution in [0.25, 0.3) is 0 Å². The van der Waals surface area contributed by atoms with Crippen LogP contribution in [0.3, 0.4) is 0 Å². The highest BCUT2D eigenvalue weighted by atomic mass is 16.6. The van der Waals surface area contributed by atoms with Crippen molar-refractivity contribution in [2.45, 2.75) is 257 Å². The van der Waals surface area contributed by atoms with Crippen LogP contribution in [0, 0.1) is 0 Å². The number of nitrogens with zero attached hydrogens (tertiary/aromatic N) is 2. The first-order valence-corrected chi connectivity index (χ1v) is 25.8. The Hall–Kier alpha value is -2.20. The molecule has 10 heteroatoms. The average Bonchev–Trinajstić information content (AvgIpc) is 3.64. The largest absolute Gasteiger partial charge is 0.466 e. The Morgan fingerprint density at radius 2 is 0.984 bits per heavy atom. The molecule has 1 aliphatic rings. The van der Waals surface area contributed by atoms with Gasteiger partial charge in [-0.2, -0.15) is 0 Å². The summed E-state index contributed by atoms with van der Waals surface area (Å²) in [6, 6.07) is -0.470. The van der Waals surface area contributed by atoms with Crippen molar-refractivity contribution in [2.75, 3.05) is 46.9 Å². The van der Waals surface area contributed by atoms with Gasteiger partial charge in [0.05, 0.1) is 19.6 Å². The van der Waals surface area contributed by atoms with E-state index < -0.39 is 6.04 Å². The molecule has 61 heavy (non-hydrogen) atoms. The zero-order valence-corrected chi connectivity index (χ0v) is 40.5. The molecule has 0 aromatic heterocycles. The van der Waals surface area contributed by atoms with Crippen molar-refractivity contribution in [2.24, 2.45) is 0 Å². The van der Waals surface area contributed by atoms with Crippen LogP contribution in [0.1, 0.15) is 239 Å². The second-order valence-corrected chi connectivity index (χ2v) is 18.3. The van der Waals surface area contributed by atoms with Gasteiger partial charge in [0, 0.05) is 32.4 Å². The zero-order valence-electron chi connectivity index (χ0n) is 40.5.